The van der Waals surface area contributed by atoms with Crippen LogP contribution in [0.2, 0.25) is 0 Å². The quantitative estimate of drug-likeness (QED) is 0.918. The minimum Gasteiger partial charge on any atom is -0.315 e. The van der Waals surface area contributed by atoms with Gasteiger partial charge in [-0.2, -0.15) is 0 Å². The second-order valence-electron chi connectivity index (χ2n) is 7.80. The van der Waals surface area contributed by atoms with Crippen molar-refractivity contribution in [1.82, 2.24) is 10.2 Å². The molecule has 1 aliphatic heterocycles. The Balaban J connectivity index is 1.73. The summed E-state index contributed by atoms with van der Waals surface area (Å²) in [6.45, 7) is 7.34. The molecule has 0 spiro atoms. The van der Waals surface area contributed by atoms with Crippen molar-refractivity contribution in [3.05, 3.63) is 34.9 Å². The van der Waals surface area contributed by atoms with Crippen LogP contribution in [0.15, 0.2) is 18.2 Å². The van der Waals surface area contributed by atoms with E-state index in [-0.39, 0.29) is 0 Å². The molecule has 114 valence electrons. The Morgan fingerprint density at radius 3 is 2.86 bits per heavy atom. The van der Waals surface area contributed by atoms with E-state index in [1.165, 1.54) is 44.3 Å². The topological polar surface area (TPSA) is 15.3 Å². The Kier molecular flexibility index (Phi) is 3.16. The lowest BCUT2D eigenvalue weighted by Gasteiger charge is -2.55. The van der Waals surface area contributed by atoms with Gasteiger partial charge in [0.05, 0.1) is 0 Å². The molecule has 2 aliphatic carbocycles. The standard InChI is InChI=1S/C19H28N2/c1-13-4-7-15-11-17-18(20-3)19(2,16(15)10-13)8-9-21(17)12-14-5-6-14/h4,7,10,14,17-18,20H,5-6,8-9,11-12H2,1-3H3/t17-,18-,19+/m1/s1. The van der Waals surface area contributed by atoms with Crippen LogP contribution in [0.1, 0.15) is 42.9 Å². The predicted molar refractivity (Wildman–Crippen MR) is 87.8 cm³/mol. The van der Waals surface area contributed by atoms with Crippen molar-refractivity contribution < 1.29 is 0 Å². The van der Waals surface area contributed by atoms with Crippen LogP contribution in [0.4, 0.5) is 0 Å². The van der Waals surface area contributed by atoms with Gasteiger partial charge in [-0.25, -0.2) is 0 Å². The number of hydrogen-bond donors (Lipinski definition) is 1. The summed E-state index contributed by atoms with van der Waals surface area (Å²) < 4.78 is 0. The summed E-state index contributed by atoms with van der Waals surface area (Å²) >= 11 is 0. The van der Waals surface area contributed by atoms with Crippen molar-refractivity contribution in [1.29, 1.82) is 0 Å². The van der Waals surface area contributed by atoms with Crippen molar-refractivity contribution in [2.45, 2.75) is 57.0 Å². The van der Waals surface area contributed by atoms with Gasteiger partial charge in [-0.05, 0) is 63.2 Å². The molecular weight excluding hydrogens is 256 g/mol. The van der Waals surface area contributed by atoms with E-state index in [1.807, 2.05) is 0 Å². The molecule has 2 nitrogen and oxygen atoms in total. The summed E-state index contributed by atoms with van der Waals surface area (Å²) in [6, 6.07) is 8.42. The highest BCUT2D eigenvalue weighted by molar-refractivity contribution is 5.43. The van der Waals surface area contributed by atoms with E-state index in [0.717, 1.165) is 5.92 Å². The van der Waals surface area contributed by atoms with Crippen LogP contribution in [0, 0.1) is 12.8 Å². The van der Waals surface area contributed by atoms with Gasteiger partial charge in [-0.1, -0.05) is 30.7 Å². The van der Waals surface area contributed by atoms with Crippen molar-refractivity contribution in [3.8, 4) is 0 Å². The molecule has 3 aliphatic rings. The fourth-order valence-corrected chi connectivity index (χ4v) is 4.88. The molecule has 1 heterocycles. The van der Waals surface area contributed by atoms with Crippen molar-refractivity contribution >= 4 is 0 Å². The fraction of sp³-hybridized carbons (Fsp3) is 0.684. The second-order valence-corrected chi connectivity index (χ2v) is 7.80. The molecule has 2 fully saturated rings. The lowest BCUT2D eigenvalue weighted by molar-refractivity contribution is 0.0465. The predicted octanol–water partition coefficient (Wildman–Crippen LogP) is 2.88. The van der Waals surface area contributed by atoms with Gasteiger partial charge in [0, 0.05) is 24.0 Å². The number of benzene rings is 1. The van der Waals surface area contributed by atoms with Gasteiger partial charge < -0.3 is 5.32 Å². The van der Waals surface area contributed by atoms with E-state index < -0.39 is 0 Å². The zero-order valence-electron chi connectivity index (χ0n) is 13.7. The molecular formula is C19H28N2. The molecule has 1 aromatic carbocycles. The molecule has 0 unspecified atom stereocenters. The number of aryl methyl sites for hydroxylation is 1. The zero-order valence-corrected chi connectivity index (χ0v) is 13.7. The summed E-state index contributed by atoms with van der Waals surface area (Å²) in [4.78, 5) is 2.80. The Hall–Kier alpha value is -0.860. The number of piperidine rings is 1. The van der Waals surface area contributed by atoms with Crippen LogP contribution in [0.25, 0.3) is 0 Å². The van der Waals surface area contributed by atoms with Gasteiger partial charge >= 0.3 is 0 Å². The van der Waals surface area contributed by atoms with E-state index in [2.05, 4.69) is 49.3 Å². The number of hydrogen-bond acceptors (Lipinski definition) is 2. The third kappa shape index (κ3) is 2.15. The Bertz CT molecular complexity index is 548. The Labute approximate surface area is 128 Å². The number of fused-ring (bicyclic) bond motifs is 4. The molecule has 2 bridgehead atoms. The van der Waals surface area contributed by atoms with Crippen molar-refractivity contribution in [2.75, 3.05) is 20.1 Å². The molecule has 4 rings (SSSR count). The maximum atomic E-state index is 3.69. The SMILES string of the molecule is CN[C@@H]1[C@H]2Cc3ccc(C)cc3[C@]1(C)CCN2CC1CC1. The Morgan fingerprint density at radius 1 is 1.33 bits per heavy atom. The zero-order chi connectivity index (χ0) is 14.6. The smallest absolute Gasteiger partial charge is 0.0318 e. The average molecular weight is 284 g/mol. The molecule has 1 aromatic rings. The number of nitrogens with zero attached hydrogens (tertiary/aromatic N) is 1. The van der Waals surface area contributed by atoms with Gasteiger partial charge in [-0.3, -0.25) is 4.90 Å². The van der Waals surface area contributed by atoms with Gasteiger partial charge in [0.15, 0.2) is 0 Å². The van der Waals surface area contributed by atoms with Gasteiger partial charge in [-0.15, -0.1) is 0 Å². The molecule has 1 saturated carbocycles. The lowest BCUT2D eigenvalue weighted by Crippen LogP contribution is -2.66. The molecule has 0 aromatic heterocycles. The minimum atomic E-state index is 0.305. The van der Waals surface area contributed by atoms with E-state index >= 15 is 0 Å². The molecule has 3 atom stereocenters. The van der Waals surface area contributed by atoms with E-state index in [0.29, 0.717) is 17.5 Å². The van der Waals surface area contributed by atoms with Crippen LogP contribution in [0.5, 0.6) is 0 Å². The minimum absolute atomic E-state index is 0.305. The van der Waals surface area contributed by atoms with Gasteiger partial charge in [0.25, 0.3) is 0 Å². The van der Waals surface area contributed by atoms with E-state index in [9.17, 15) is 0 Å². The third-order valence-corrected chi connectivity index (χ3v) is 6.27. The summed E-state index contributed by atoms with van der Waals surface area (Å²) in [5, 5.41) is 3.69. The highest BCUT2D eigenvalue weighted by Gasteiger charge is 2.50. The summed E-state index contributed by atoms with van der Waals surface area (Å²) in [6.07, 6.45) is 5.43. The first-order valence-corrected chi connectivity index (χ1v) is 8.63. The third-order valence-electron chi connectivity index (χ3n) is 6.27. The van der Waals surface area contributed by atoms with Crippen LogP contribution in [-0.4, -0.2) is 37.1 Å². The largest absolute Gasteiger partial charge is 0.315 e. The average Bonchev–Trinajstić information content (AvgIpc) is 3.27. The molecule has 2 heteroatoms. The monoisotopic (exact) mass is 284 g/mol. The highest BCUT2D eigenvalue weighted by atomic mass is 15.2. The molecule has 1 N–H and O–H groups in total. The molecule has 0 radical (unpaired) electrons. The molecule has 0 amide bonds. The number of likely N-dealkylation sites (N-methyl/N-ethyl adjacent to an activating group) is 1. The number of rotatable bonds is 3. The molecule has 1 saturated heterocycles. The first-order valence-electron chi connectivity index (χ1n) is 8.63. The Morgan fingerprint density at radius 2 is 2.14 bits per heavy atom. The summed E-state index contributed by atoms with van der Waals surface area (Å²) in [7, 11) is 2.16. The van der Waals surface area contributed by atoms with Crippen LogP contribution in [-0.2, 0) is 11.8 Å². The van der Waals surface area contributed by atoms with Crippen molar-refractivity contribution in [2.24, 2.45) is 5.92 Å². The van der Waals surface area contributed by atoms with Crippen molar-refractivity contribution in [3.63, 3.8) is 0 Å². The van der Waals surface area contributed by atoms with Crippen LogP contribution < -0.4 is 5.32 Å². The maximum absolute atomic E-state index is 3.69. The van der Waals surface area contributed by atoms with Gasteiger partial charge in [0.1, 0.15) is 0 Å². The summed E-state index contributed by atoms with van der Waals surface area (Å²) in [5.41, 5.74) is 4.92. The first-order chi connectivity index (χ1) is 10.1. The summed E-state index contributed by atoms with van der Waals surface area (Å²) in [5.74, 6) is 0.992. The van der Waals surface area contributed by atoms with Crippen LogP contribution >= 0.6 is 0 Å². The normalized spacial score (nSPS) is 35.6. The maximum Gasteiger partial charge on any atom is 0.0318 e. The number of likely N-dealkylation sites (tertiary alicyclic amines) is 1. The highest BCUT2D eigenvalue weighted by Crippen LogP contribution is 2.46. The molecule has 21 heavy (non-hydrogen) atoms. The second kappa shape index (κ2) is 4.82. The van der Waals surface area contributed by atoms with E-state index in [1.54, 1.807) is 11.1 Å². The van der Waals surface area contributed by atoms with Crippen LogP contribution in [0.3, 0.4) is 0 Å². The first kappa shape index (κ1) is 13.8. The fourth-order valence-electron chi connectivity index (χ4n) is 4.88. The van der Waals surface area contributed by atoms with E-state index in [4.69, 9.17) is 0 Å². The lowest BCUT2D eigenvalue weighted by atomic mass is 9.61. The van der Waals surface area contributed by atoms with Gasteiger partial charge in [0.2, 0.25) is 0 Å². The number of nitrogens with one attached hydrogen (secondary N) is 1.